The van der Waals surface area contributed by atoms with Crippen molar-refractivity contribution >= 4 is 0 Å². The minimum absolute atomic E-state index is 0.118. The molecule has 0 bridgehead atoms. The number of aromatic nitrogens is 5. The zero-order chi connectivity index (χ0) is 15.3. The second kappa shape index (κ2) is 5.15. The van der Waals surface area contributed by atoms with E-state index in [0.717, 1.165) is 43.0 Å². The van der Waals surface area contributed by atoms with E-state index in [4.69, 9.17) is 4.52 Å². The predicted molar refractivity (Wildman–Crippen MR) is 79.2 cm³/mol. The number of nitrogens with zero attached hydrogens (tertiary/aromatic N) is 6. The van der Waals surface area contributed by atoms with Gasteiger partial charge in [-0.25, -0.2) is 0 Å². The van der Waals surface area contributed by atoms with E-state index in [-0.39, 0.29) is 6.04 Å². The lowest BCUT2D eigenvalue weighted by molar-refractivity contribution is 0.135. The van der Waals surface area contributed by atoms with Crippen LogP contribution >= 0.6 is 0 Å². The van der Waals surface area contributed by atoms with Crippen molar-refractivity contribution in [2.75, 3.05) is 6.54 Å². The molecule has 1 unspecified atom stereocenters. The first-order chi connectivity index (χ1) is 10.6. The molecule has 0 saturated heterocycles. The van der Waals surface area contributed by atoms with Crippen LogP contribution in [0.5, 0.6) is 0 Å². The third-order valence-corrected chi connectivity index (χ3v) is 4.63. The average Bonchev–Trinajstić information content (AvgIpc) is 3.10. The van der Waals surface area contributed by atoms with Gasteiger partial charge in [0.15, 0.2) is 5.82 Å². The molecule has 2 aromatic heterocycles. The summed E-state index contributed by atoms with van der Waals surface area (Å²) in [5.74, 6) is 4.65. The fourth-order valence-electron chi connectivity index (χ4n) is 3.04. The molecule has 3 heterocycles. The molecule has 1 fully saturated rings. The molecule has 118 valence electrons. The lowest BCUT2D eigenvalue weighted by Gasteiger charge is -2.31. The van der Waals surface area contributed by atoms with Crippen molar-refractivity contribution in [3.8, 4) is 0 Å². The lowest BCUT2D eigenvalue weighted by Crippen LogP contribution is -2.36. The van der Waals surface area contributed by atoms with Crippen molar-refractivity contribution in [3.63, 3.8) is 0 Å². The molecule has 22 heavy (non-hydrogen) atoms. The van der Waals surface area contributed by atoms with Gasteiger partial charge in [-0.3, -0.25) is 4.90 Å². The van der Waals surface area contributed by atoms with Gasteiger partial charge < -0.3 is 9.09 Å². The summed E-state index contributed by atoms with van der Waals surface area (Å²) in [4.78, 5) is 6.91. The van der Waals surface area contributed by atoms with Crippen molar-refractivity contribution in [2.45, 2.75) is 64.6 Å². The van der Waals surface area contributed by atoms with Crippen molar-refractivity contribution in [1.29, 1.82) is 0 Å². The van der Waals surface area contributed by atoms with Crippen LogP contribution in [0, 0.1) is 0 Å². The molecule has 0 amide bonds. The standard InChI is InChI=1S/C15H22N6O/c1-9(2)14-18-17-12-8-20(6-7-21(12)14)10(3)15-16-13(19-22-15)11-4-5-11/h9-11H,4-8H2,1-3H3. The summed E-state index contributed by atoms with van der Waals surface area (Å²) < 4.78 is 7.71. The maximum Gasteiger partial charge on any atom is 0.243 e. The Morgan fingerprint density at radius 3 is 2.68 bits per heavy atom. The van der Waals surface area contributed by atoms with E-state index < -0.39 is 0 Å². The third-order valence-electron chi connectivity index (χ3n) is 4.63. The van der Waals surface area contributed by atoms with Crippen LogP contribution in [0.2, 0.25) is 0 Å². The Labute approximate surface area is 129 Å². The Morgan fingerprint density at radius 2 is 1.95 bits per heavy atom. The molecule has 4 rings (SSSR count). The number of hydrogen-bond donors (Lipinski definition) is 0. The maximum atomic E-state index is 5.47. The monoisotopic (exact) mass is 302 g/mol. The molecule has 7 nitrogen and oxygen atoms in total. The lowest BCUT2D eigenvalue weighted by atomic mass is 10.2. The second-order valence-corrected chi connectivity index (χ2v) is 6.69. The van der Waals surface area contributed by atoms with Gasteiger partial charge in [0.1, 0.15) is 11.6 Å². The van der Waals surface area contributed by atoms with Gasteiger partial charge >= 0.3 is 0 Å². The molecule has 0 radical (unpaired) electrons. The van der Waals surface area contributed by atoms with Crippen LogP contribution in [0.1, 0.15) is 74.9 Å². The highest BCUT2D eigenvalue weighted by Gasteiger charge is 2.32. The quantitative estimate of drug-likeness (QED) is 0.862. The van der Waals surface area contributed by atoms with Crippen LogP contribution in [0.4, 0.5) is 0 Å². The highest BCUT2D eigenvalue weighted by Crippen LogP contribution is 2.38. The van der Waals surface area contributed by atoms with Crippen LogP contribution in [0.15, 0.2) is 4.52 Å². The van der Waals surface area contributed by atoms with Crippen molar-refractivity contribution in [2.24, 2.45) is 0 Å². The first kappa shape index (κ1) is 13.9. The summed E-state index contributed by atoms with van der Waals surface area (Å²) in [5, 5.41) is 12.8. The SMILES string of the molecule is CC(C)c1nnc2n1CCN(C(C)c1nc(C3CC3)no1)C2. The van der Waals surface area contributed by atoms with Crippen LogP contribution in [0.3, 0.4) is 0 Å². The Bertz CT molecular complexity index is 671. The third kappa shape index (κ3) is 2.33. The number of hydrogen-bond acceptors (Lipinski definition) is 6. The van der Waals surface area contributed by atoms with Gasteiger partial charge in [-0.15, -0.1) is 10.2 Å². The summed E-state index contributed by atoms with van der Waals surface area (Å²) in [5.41, 5.74) is 0. The Kier molecular flexibility index (Phi) is 3.25. The van der Waals surface area contributed by atoms with E-state index in [9.17, 15) is 0 Å². The predicted octanol–water partition coefficient (Wildman–Crippen LogP) is 2.24. The summed E-state index contributed by atoms with van der Waals surface area (Å²) in [6.45, 7) is 9.09. The van der Waals surface area contributed by atoms with Gasteiger partial charge in [0.05, 0.1) is 12.6 Å². The molecule has 2 aromatic rings. The van der Waals surface area contributed by atoms with E-state index in [0.29, 0.717) is 11.8 Å². The van der Waals surface area contributed by atoms with E-state index in [1.165, 1.54) is 12.8 Å². The van der Waals surface area contributed by atoms with Crippen LogP contribution in [-0.2, 0) is 13.1 Å². The van der Waals surface area contributed by atoms with Gasteiger partial charge in [0, 0.05) is 24.9 Å². The molecule has 1 saturated carbocycles. The van der Waals surface area contributed by atoms with Crippen molar-refractivity contribution in [1.82, 2.24) is 29.8 Å². The van der Waals surface area contributed by atoms with Crippen molar-refractivity contribution in [3.05, 3.63) is 23.4 Å². The molecule has 2 aliphatic rings. The second-order valence-electron chi connectivity index (χ2n) is 6.69. The molecule has 7 heteroatoms. The van der Waals surface area contributed by atoms with Gasteiger partial charge in [0.25, 0.3) is 0 Å². The van der Waals surface area contributed by atoms with Crippen LogP contribution in [-0.4, -0.2) is 36.3 Å². The Balaban J connectivity index is 1.51. The summed E-state index contributed by atoms with van der Waals surface area (Å²) >= 11 is 0. The molecular weight excluding hydrogens is 280 g/mol. The van der Waals surface area contributed by atoms with Gasteiger partial charge in [0.2, 0.25) is 5.89 Å². The van der Waals surface area contributed by atoms with E-state index >= 15 is 0 Å². The molecule has 0 aromatic carbocycles. The molecule has 1 aliphatic carbocycles. The highest BCUT2D eigenvalue weighted by molar-refractivity contribution is 5.06. The van der Waals surface area contributed by atoms with Crippen LogP contribution in [0.25, 0.3) is 0 Å². The Morgan fingerprint density at radius 1 is 1.14 bits per heavy atom. The van der Waals surface area contributed by atoms with E-state index in [2.05, 4.69) is 50.6 Å². The fourth-order valence-corrected chi connectivity index (χ4v) is 3.04. The zero-order valence-corrected chi connectivity index (χ0v) is 13.4. The van der Waals surface area contributed by atoms with Gasteiger partial charge in [-0.2, -0.15) is 4.98 Å². The first-order valence-corrected chi connectivity index (χ1v) is 8.13. The Hall–Kier alpha value is -1.76. The van der Waals surface area contributed by atoms with Gasteiger partial charge in [-0.1, -0.05) is 19.0 Å². The van der Waals surface area contributed by atoms with E-state index in [1.54, 1.807) is 0 Å². The molecule has 0 N–H and O–H groups in total. The summed E-state index contributed by atoms with van der Waals surface area (Å²) in [6, 6.07) is 0.118. The summed E-state index contributed by atoms with van der Waals surface area (Å²) in [7, 11) is 0. The smallest absolute Gasteiger partial charge is 0.243 e. The number of rotatable bonds is 4. The maximum absolute atomic E-state index is 5.47. The largest absolute Gasteiger partial charge is 0.338 e. The first-order valence-electron chi connectivity index (χ1n) is 8.13. The van der Waals surface area contributed by atoms with Crippen LogP contribution < -0.4 is 0 Å². The molecule has 1 atom stereocenters. The number of fused-ring (bicyclic) bond motifs is 1. The normalized spacial score (nSPS) is 20.4. The molecule has 0 spiro atoms. The topological polar surface area (TPSA) is 72.9 Å². The summed E-state index contributed by atoms with van der Waals surface area (Å²) in [6.07, 6.45) is 2.39. The minimum atomic E-state index is 0.118. The zero-order valence-electron chi connectivity index (χ0n) is 13.4. The highest BCUT2D eigenvalue weighted by atomic mass is 16.5. The van der Waals surface area contributed by atoms with E-state index in [1.807, 2.05) is 0 Å². The fraction of sp³-hybridized carbons (Fsp3) is 0.733. The minimum Gasteiger partial charge on any atom is -0.338 e. The van der Waals surface area contributed by atoms with Gasteiger partial charge in [-0.05, 0) is 19.8 Å². The molecule has 1 aliphatic heterocycles. The molecular formula is C15H22N6O. The average molecular weight is 302 g/mol. The van der Waals surface area contributed by atoms with Crippen molar-refractivity contribution < 1.29 is 4.52 Å².